The van der Waals surface area contributed by atoms with Gasteiger partial charge in [-0.05, 0) is 6.07 Å². The number of hydrogen-bond donors (Lipinski definition) is 3. The molecule has 0 aromatic carbocycles. The van der Waals surface area contributed by atoms with Crippen molar-refractivity contribution in [2.45, 2.75) is 49.2 Å². The molecule has 0 amide bonds. The lowest BCUT2D eigenvalue weighted by Crippen LogP contribution is -2.36. The van der Waals surface area contributed by atoms with Gasteiger partial charge in [0, 0.05) is 18.0 Å². The van der Waals surface area contributed by atoms with Crippen molar-refractivity contribution in [1.82, 2.24) is 9.55 Å². The lowest BCUT2D eigenvalue weighted by Gasteiger charge is -2.28. The van der Waals surface area contributed by atoms with E-state index in [0.29, 0.717) is 5.82 Å². The molecule has 2 rings (SSSR count). The van der Waals surface area contributed by atoms with Gasteiger partial charge in [0.05, 0.1) is 18.0 Å². The number of aliphatic hydroxyl groups is 2. The van der Waals surface area contributed by atoms with Crippen LogP contribution in [0.15, 0.2) is 17.1 Å². The minimum Gasteiger partial charge on any atom is -0.394 e. The zero-order valence-electron chi connectivity index (χ0n) is 13.2. The summed E-state index contributed by atoms with van der Waals surface area (Å²) < 4.78 is 6.94. The van der Waals surface area contributed by atoms with Crippen molar-refractivity contribution < 1.29 is 14.9 Å². The van der Waals surface area contributed by atoms with Gasteiger partial charge in [-0.3, -0.25) is 4.57 Å². The van der Waals surface area contributed by atoms with Crippen LogP contribution in [0.5, 0.6) is 0 Å². The lowest BCUT2D eigenvalue weighted by atomic mass is 10.2. The standard InChI is InChI=1S/C14H23N3O4S/c1-14(2,3)22-11-10(19)8(7-18)21-12(11)17-6-5-9(15-4)16-13(17)20/h5-6,8,10-12,18-19H,7H2,1-4H3,(H,15,16,20). The van der Waals surface area contributed by atoms with Crippen LogP contribution in [0.25, 0.3) is 0 Å². The van der Waals surface area contributed by atoms with Gasteiger partial charge in [-0.25, -0.2) is 4.79 Å². The van der Waals surface area contributed by atoms with Crippen LogP contribution in [0.3, 0.4) is 0 Å². The molecule has 1 aromatic rings. The number of anilines is 1. The fraction of sp³-hybridized carbons (Fsp3) is 0.714. The highest BCUT2D eigenvalue weighted by molar-refractivity contribution is 8.01. The largest absolute Gasteiger partial charge is 0.394 e. The number of thioether (sulfide) groups is 1. The Kier molecular flexibility index (Phi) is 5.16. The highest BCUT2D eigenvalue weighted by atomic mass is 32.2. The number of aromatic nitrogens is 2. The summed E-state index contributed by atoms with van der Waals surface area (Å²) in [6.45, 7) is 5.78. The van der Waals surface area contributed by atoms with Crippen molar-refractivity contribution in [3.8, 4) is 0 Å². The zero-order chi connectivity index (χ0) is 16.5. The maximum atomic E-state index is 12.2. The average Bonchev–Trinajstić information content (AvgIpc) is 2.74. The molecule has 0 bridgehead atoms. The highest BCUT2D eigenvalue weighted by Crippen LogP contribution is 2.42. The second kappa shape index (κ2) is 6.57. The second-order valence-electron chi connectivity index (χ2n) is 6.19. The molecule has 1 fully saturated rings. The van der Waals surface area contributed by atoms with Gasteiger partial charge in [0.1, 0.15) is 11.9 Å². The number of hydrogen-bond acceptors (Lipinski definition) is 7. The van der Waals surface area contributed by atoms with Crippen molar-refractivity contribution in [2.24, 2.45) is 0 Å². The molecule has 4 atom stereocenters. The number of aliphatic hydroxyl groups excluding tert-OH is 2. The van der Waals surface area contributed by atoms with E-state index < -0.39 is 24.1 Å². The third-order valence-corrected chi connectivity index (χ3v) is 4.83. The first kappa shape index (κ1) is 17.3. The molecular formula is C14H23N3O4S. The van der Waals surface area contributed by atoms with E-state index in [-0.39, 0.29) is 16.6 Å². The molecule has 8 heteroatoms. The Labute approximate surface area is 133 Å². The fourth-order valence-corrected chi connectivity index (χ4v) is 3.82. The summed E-state index contributed by atoms with van der Waals surface area (Å²) in [7, 11) is 1.68. The van der Waals surface area contributed by atoms with E-state index in [0.717, 1.165) is 0 Å². The molecule has 22 heavy (non-hydrogen) atoms. The van der Waals surface area contributed by atoms with Crippen LogP contribution in [0.1, 0.15) is 27.0 Å². The Bertz CT molecular complexity index is 572. The van der Waals surface area contributed by atoms with Crippen LogP contribution in [0, 0.1) is 0 Å². The van der Waals surface area contributed by atoms with E-state index >= 15 is 0 Å². The van der Waals surface area contributed by atoms with Gasteiger partial charge < -0.3 is 20.3 Å². The molecule has 124 valence electrons. The topological polar surface area (TPSA) is 96.6 Å². The van der Waals surface area contributed by atoms with Crippen LogP contribution in [0.2, 0.25) is 0 Å². The molecule has 0 saturated carbocycles. The first-order chi connectivity index (χ1) is 10.3. The molecule has 0 aliphatic carbocycles. The maximum Gasteiger partial charge on any atom is 0.351 e. The van der Waals surface area contributed by atoms with Gasteiger partial charge in [0.25, 0.3) is 0 Å². The predicted molar refractivity (Wildman–Crippen MR) is 86.2 cm³/mol. The number of ether oxygens (including phenoxy) is 1. The Hall–Kier alpha value is -1.09. The third-order valence-electron chi connectivity index (χ3n) is 3.34. The quantitative estimate of drug-likeness (QED) is 0.737. The van der Waals surface area contributed by atoms with E-state index in [9.17, 15) is 15.0 Å². The minimum absolute atomic E-state index is 0.125. The number of nitrogens with one attached hydrogen (secondary N) is 1. The summed E-state index contributed by atoms with van der Waals surface area (Å²) in [5.74, 6) is 0.471. The molecule has 1 aliphatic rings. The normalized spacial score (nSPS) is 28.8. The Balaban J connectivity index is 2.36. The average molecular weight is 329 g/mol. The Morgan fingerprint density at radius 3 is 2.68 bits per heavy atom. The van der Waals surface area contributed by atoms with Gasteiger partial charge in [0.2, 0.25) is 0 Å². The number of nitrogens with zero attached hydrogens (tertiary/aromatic N) is 2. The van der Waals surface area contributed by atoms with E-state index in [4.69, 9.17) is 4.74 Å². The molecule has 2 heterocycles. The monoisotopic (exact) mass is 329 g/mol. The van der Waals surface area contributed by atoms with Crippen LogP contribution in [-0.4, -0.2) is 55.6 Å². The van der Waals surface area contributed by atoms with Crippen molar-refractivity contribution in [2.75, 3.05) is 19.0 Å². The lowest BCUT2D eigenvalue weighted by molar-refractivity contribution is -0.0456. The maximum absolute atomic E-state index is 12.2. The molecule has 1 saturated heterocycles. The van der Waals surface area contributed by atoms with Gasteiger partial charge in [-0.1, -0.05) is 20.8 Å². The summed E-state index contributed by atoms with van der Waals surface area (Å²) in [6, 6.07) is 1.67. The summed E-state index contributed by atoms with van der Waals surface area (Å²) in [6.07, 6.45) is -0.632. The van der Waals surface area contributed by atoms with Crippen molar-refractivity contribution >= 4 is 17.6 Å². The predicted octanol–water partition coefficient (Wildman–Crippen LogP) is 0.436. The molecule has 0 spiro atoms. The molecule has 1 aliphatic heterocycles. The Morgan fingerprint density at radius 2 is 2.18 bits per heavy atom. The van der Waals surface area contributed by atoms with Crippen molar-refractivity contribution in [3.05, 3.63) is 22.7 Å². The van der Waals surface area contributed by atoms with Crippen LogP contribution in [-0.2, 0) is 4.74 Å². The molecular weight excluding hydrogens is 306 g/mol. The third kappa shape index (κ3) is 3.62. The molecule has 0 radical (unpaired) electrons. The Morgan fingerprint density at radius 1 is 1.50 bits per heavy atom. The molecule has 3 N–H and O–H groups in total. The van der Waals surface area contributed by atoms with Gasteiger partial charge >= 0.3 is 5.69 Å². The number of rotatable bonds is 4. The van der Waals surface area contributed by atoms with E-state index in [1.807, 2.05) is 20.8 Å². The van der Waals surface area contributed by atoms with Gasteiger partial charge in [-0.2, -0.15) is 4.98 Å². The smallest absolute Gasteiger partial charge is 0.351 e. The van der Waals surface area contributed by atoms with E-state index in [1.54, 1.807) is 19.3 Å². The minimum atomic E-state index is -0.852. The molecule has 1 aromatic heterocycles. The van der Waals surface area contributed by atoms with Crippen LogP contribution >= 0.6 is 11.8 Å². The summed E-state index contributed by atoms with van der Waals surface area (Å²) in [5, 5.41) is 22.2. The summed E-state index contributed by atoms with van der Waals surface area (Å²) >= 11 is 1.52. The summed E-state index contributed by atoms with van der Waals surface area (Å²) in [4.78, 5) is 16.1. The van der Waals surface area contributed by atoms with E-state index in [1.165, 1.54) is 16.3 Å². The second-order valence-corrected chi connectivity index (χ2v) is 8.19. The van der Waals surface area contributed by atoms with Crippen LogP contribution < -0.4 is 11.0 Å². The van der Waals surface area contributed by atoms with Crippen molar-refractivity contribution in [1.29, 1.82) is 0 Å². The first-order valence-electron chi connectivity index (χ1n) is 7.16. The van der Waals surface area contributed by atoms with Crippen LogP contribution in [0.4, 0.5) is 5.82 Å². The summed E-state index contributed by atoms with van der Waals surface area (Å²) in [5.41, 5.74) is -0.456. The van der Waals surface area contributed by atoms with Crippen molar-refractivity contribution in [3.63, 3.8) is 0 Å². The SMILES string of the molecule is CNc1ccn(C2OC(CO)C(O)C2SC(C)(C)C)c(=O)n1. The first-order valence-corrected chi connectivity index (χ1v) is 8.04. The molecule has 7 nitrogen and oxygen atoms in total. The van der Waals surface area contributed by atoms with Gasteiger partial charge in [0.15, 0.2) is 6.23 Å². The zero-order valence-corrected chi connectivity index (χ0v) is 14.0. The fourth-order valence-electron chi connectivity index (χ4n) is 2.37. The molecule has 4 unspecified atom stereocenters. The van der Waals surface area contributed by atoms with Gasteiger partial charge in [-0.15, -0.1) is 11.8 Å². The highest BCUT2D eigenvalue weighted by Gasteiger charge is 2.46. The van der Waals surface area contributed by atoms with E-state index in [2.05, 4.69) is 10.3 Å².